The van der Waals surface area contributed by atoms with E-state index in [4.69, 9.17) is 4.74 Å². The summed E-state index contributed by atoms with van der Waals surface area (Å²) in [5, 5.41) is 9.31. The van der Waals surface area contributed by atoms with Crippen LogP contribution in [0.1, 0.15) is 30.9 Å². The first kappa shape index (κ1) is 21.7. The Bertz CT molecular complexity index is 830. The molecule has 0 saturated heterocycles. The number of nitrogens with zero attached hydrogens (tertiary/aromatic N) is 4. The Morgan fingerprint density at radius 2 is 1.90 bits per heavy atom. The van der Waals surface area contributed by atoms with E-state index >= 15 is 0 Å². The van der Waals surface area contributed by atoms with Gasteiger partial charge in [-0.3, -0.25) is 5.01 Å². The summed E-state index contributed by atoms with van der Waals surface area (Å²) in [7, 11) is 5.50. The van der Waals surface area contributed by atoms with Gasteiger partial charge in [0.05, 0.1) is 18.0 Å². The number of carbonyl (C=O) groups is 1. The number of aryl methyl sites for hydroxylation is 2. The molecule has 2 aliphatic heterocycles. The van der Waals surface area contributed by atoms with Crippen LogP contribution in [0, 0.1) is 0 Å². The lowest BCUT2D eigenvalue weighted by molar-refractivity contribution is -0.135. The molecule has 7 heteroatoms. The quantitative estimate of drug-likeness (QED) is 0.403. The van der Waals surface area contributed by atoms with E-state index in [2.05, 4.69) is 34.0 Å². The molecule has 0 spiro atoms. The van der Waals surface area contributed by atoms with Crippen LogP contribution in [0.2, 0.25) is 0 Å². The van der Waals surface area contributed by atoms with E-state index in [9.17, 15) is 4.79 Å². The zero-order valence-corrected chi connectivity index (χ0v) is 18.6. The van der Waals surface area contributed by atoms with E-state index in [-0.39, 0.29) is 12.3 Å². The SMILES string of the molecule is C=C(C(=NN(C)c1cc2c3c(c1)CCCN3CCC2)C(=O)OCC)N(C)C=CNC. The number of carbonyl (C=O) groups excluding carboxylic acids is 1. The van der Waals surface area contributed by atoms with E-state index in [1.807, 2.05) is 21.1 Å². The lowest BCUT2D eigenvalue weighted by Gasteiger charge is -2.37. The number of benzene rings is 1. The van der Waals surface area contributed by atoms with Crippen molar-refractivity contribution in [1.29, 1.82) is 0 Å². The Kier molecular flexibility index (Phi) is 7.03. The highest BCUT2D eigenvalue weighted by Crippen LogP contribution is 2.38. The Labute approximate surface area is 179 Å². The Morgan fingerprint density at radius 1 is 1.27 bits per heavy atom. The van der Waals surface area contributed by atoms with Crippen LogP contribution in [0.5, 0.6) is 0 Å². The summed E-state index contributed by atoms with van der Waals surface area (Å²) in [5.74, 6) is -0.482. The zero-order valence-electron chi connectivity index (χ0n) is 18.6. The maximum atomic E-state index is 12.6. The predicted molar refractivity (Wildman–Crippen MR) is 123 cm³/mol. The summed E-state index contributed by atoms with van der Waals surface area (Å²) >= 11 is 0. The Hall–Kier alpha value is -2.96. The summed E-state index contributed by atoms with van der Waals surface area (Å²) < 4.78 is 5.24. The van der Waals surface area contributed by atoms with Gasteiger partial charge in [0.1, 0.15) is 0 Å². The molecule has 1 N–H and O–H groups in total. The van der Waals surface area contributed by atoms with Gasteiger partial charge in [0.2, 0.25) is 0 Å². The summed E-state index contributed by atoms with van der Waals surface area (Å²) in [6.07, 6.45) is 8.07. The fourth-order valence-electron chi connectivity index (χ4n) is 4.04. The lowest BCUT2D eigenvalue weighted by Crippen LogP contribution is -2.34. The highest BCUT2D eigenvalue weighted by atomic mass is 16.5. The highest BCUT2D eigenvalue weighted by Gasteiger charge is 2.25. The number of rotatable bonds is 8. The Morgan fingerprint density at radius 3 is 2.47 bits per heavy atom. The molecule has 2 aliphatic rings. The summed E-state index contributed by atoms with van der Waals surface area (Å²) in [6, 6.07) is 4.41. The van der Waals surface area contributed by atoms with Crippen LogP contribution in [0.4, 0.5) is 11.4 Å². The number of hydrogen-bond acceptors (Lipinski definition) is 7. The molecule has 1 aromatic carbocycles. The van der Waals surface area contributed by atoms with Crippen LogP contribution in [0.15, 0.2) is 41.9 Å². The first-order valence-electron chi connectivity index (χ1n) is 10.6. The van der Waals surface area contributed by atoms with E-state index < -0.39 is 5.97 Å². The number of hydrazone groups is 1. The van der Waals surface area contributed by atoms with E-state index in [0.717, 1.165) is 31.6 Å². The fourth-order valence-corrected chi connectivity index (χ4v) is 4.04. The van der Waals surface area contributed by atoms with Gasteiger partial charge in [-0.25, -0.2) is 4.79 Å². The van der Waals surface area contributed by atoms with Crippen molar-refractivity contribution in [1.82, 2.24) is 10.2 Å². The van der Waals surface area contributed by atoms with Crippen LogP contribution in [-0.2, 0) is 22.4 Å². The lowest BCUT2D eigenvalue weighted by atomic mass is 9.91. The second-order valence-corrected chi connectivity index (χ2v) is 7.66. The van der Waals surface area contributed by atoms with Gasteiger partial charge in [-0.05, 0) is 55.9 Å². The van der Waals surface area contributed by atoms with Crippen molar-refractivity contribution < 1.29 is 9.53 Å². The standard InChI is InChI=1S/C23H33N5O2/c1-6-30-23(29)21(17(2)26(4)14-11-24-3)25-27(5)20-15-18-9-7-12-28-13-8-10-19(16-20)22(18)28/h11,14-16,24H,2,6-10,12-13H2,1,3-5H3. The van der Waals surface area contributed by atoms with Crippen LogP contribution < -0.4 is 15.2 Å². The zero-order chi connectivity index (χ0) is 21.7. The average molecular weight is 412 g/mol. The Balaban J connectivity index is 1.94. The van der Waals surface area contributed by atoms with Crippen LogP contribution >= 0.6 is 0 Å². The minimum Gasteiger partial charge on any atom is -0.461 e. The van der Waals surface area contributed by atoms with E-state index in [1.54, 1.807) is 29.2 Å². The number of esters is 1. The molecule has 1 aromatic rings. The molecule has 0 saturated carbocycles. The monoisotopic (exact) mass is 411 g/mol. The number of ether oxygens (including phenoxy) is 1. The molecule has 162 valence electrons. The molecule has 0 aliphatic carbocycles. The third kappa shape index (κ3) is 4.61. The molecule has 0 aromatic heterocycles. The van der Waals surface area contributed by atoms with Crippen molar-refractivity contribution in [3.8, 4) is 0 Å². The molecule has 0 fully saturated rings. The minimum absolute atomic E-state index is 0.190. The minimum atomic E-state index is -0.482. The van der Waals surface area contributed by atoms with Gasteiger partial charge < -0.3 is 19.9 Å². The first-order chi connectivity index (χ1) is 14.5. The van der Waals surface area contributed by atoms with Gasteiger partial charge in [-0.15, -0.1) is 0 Å². The average Bonchev–Trinajstić information content (AvgIpc) is 2.75. The van der Waals surface area contributed by atoms with Gasteiger partial charge in [-0.2, -0.15) is 5.10 Å². The van der Waals surface area contributed by atoms with Crippen LogP contribution in [-0.4, -0.2) is 57.4 Å². The molecule has 0 amide bonds. The molecule has 0 radical (unpaired) electrons. The summed E-state index contributed by atoms with van der Waals surface area (Å²) in [6.45, 7) is 8.42. The van der Waals surface area contributed by atoms with Crippen LogP contribution in [0.3, 0.4) is 0 Å². The third-order valence-electron chi connectivity index (χ3n) is 5.57. The van der Waals surface area contributed by atoms with Gasteiger partial charge in [-0.1, -0.05) is 6.58 Å². The van der Waals surface area contributed by atoms with Crippen molar-refractivity contribution in [2.24, 2.45) is 5.10 Å². The second kappa shape index (κ2) is 9.69. The number of nitrogens with one attached hydrogen (secondary N) is 1. The van der Waals surface area contributed by atoms with Crippen molar-refractivity contribution in [3.63, 3.8) is 0 Å². The van der Waals surface area contributed by atoms with Gasteiger partial charge in [0.15, 0.2) is 5.71 Å². The first-order valence-corrected chi connectivity index (χ1v) is 10.6. The number of hydrogen-bond donors (Lipinski definition) is 1. The van der Waals surface area contributed by atoms with Crippen molar-refractivity contribution in [2.75, 3.05) is 50.7 Å². The molecule has 30 heavy (non-hydrogen) atoms. The molecule has 0 unspecified atom stereocenters. The maximum Gasteiger partial charge on any atom is 0.360 e. The molecule has 3 rings (SSSR count). The van der Waals surface area contributed by atoms with Crippen LogP contribution in [0.25, 0.3) is 0 Å². The highest BCUT2D eigenvalue weighted by molar-refractivity contribution is 6.43. The number of anilines is 2. The fraction of sp³-hybridized carbons (Fsp3) is 0.478. The predicted octanol–water partition coefficient (Wildman–Crippen LogP) is 2.88. The van der Waals surface area contributed by atoms with E-state index in [0.29, 0.717) is 5.70 Å². The molecule has 0 bridgehead atoms. The van der Waals surface area contributed by atoms with Gasteiger partial charge >= 0.3 is 5.97 Å². The summed E-state index contributed by atoms with van der Waals surface area (Å²) in [5.41, 5.74) is 5.81. The van der Waals surface area contributed by atoms with Crippen molar-refractivity contribution in [2.45, 2.75) is 32.6 Å². The normalized spacial score (nSPS) is 15.6. The third-order valence-corrected chi connectivity index (χ3v) is 5.57. The van der Waals surface area contributed by atoms with Crippen molar-refractivity contribution >= 4 is 23.1 Å². The molecule has 0 atom stereocenters. The molecular weight excluding hydrogens is 378 g/mol. The summed E-state index contributed by atoms with van der Waals surface area (Å²) in [4.78, 5) is 16.9. The molecular formula is C23H33N5O2. The smallest absolute Gasteiger partial charge is 0.360 e. The van der Waals surface area contributed by atoms with Gasteiger partial charge in [0, 0.05) is 52.3 Å². The van der Waals surface area contributed by atoms with Crippen molar-refractivity contribution in [3.05, 3.63) is 47.9 Å². The molecule has 7 nitrogen and oxygen atoms in total. The second-order valence-electron chi connectivity index (χ2n) is 7.66. The van der Waals surface area contributed by atoms with Gasteiger partial charge in [0.25, 0.3) is 0 Å². The largest absolute Gasteiger partial charge is 0.461 e. The topological polar surface area (TPSA) is 60.4 Å². The van der Waals surface area contributed by atoms with E-state index in [1.165, 1.54) is 29.7 Å². The molecule has 2 heterocycles. The maximum absolute atomic E-state index is 12.6.